The number of hydrogen-bond donors (Lipinski definition) is 2. The summed E-state index contributed by atoms with van der Waals surface area (Å²) in [6.45, 7) is -0.259. The minimum Gasteiger partial charge on any atom is -0.324 e. The number of anilines is 1. The minimum atomic E-state index is -0.584. The van der Waals surface area contributed by atoms with E-state index in [9.17, 15) is 14.0 Å². The molecule has 0 saturated heterocycles. The van der Waals surface area contributed by atoms with Crippen LogP contribution in [0.4, 0.5) is 10.1 Å². The van der Waals surface area contributed by atoms with Gasteiger partial charge in [0.25, 0.3) is 5.56 Å². The van der Waals surface area contributed by atoms with Gasteiger partial charge in [-0.3, -0.25) is 19.7 Å². The average Bonchev–Trinajstić information content (AvgIpc) is 2.94. The standard InChI is InChI=1S/C18H11Cl2FN4O2/c19-9-1-4-15-11(5-9)17-12(7-22-15)18(27)25(24-17)8-16(26)23-10-2-3-14(21)13(20)6-10/h1-7,24H,8H2,(H,23,26). The van der Waals surface area contributed by atoms with E-state index in [1.807, 2.05) is 0 Å². The predicted octanol–water partition coefficient (Wildman–Crippen LogP) is 3.96. The van der Waals surface area contributed by atoms with Crippen LogP contribution < -0.4 is 10.9 Å². The van der Waals surface area contributed by atoms with Crippen molar-refractivity contribution in [3.63, 3.8) is 0 Å². The minimum absolute atomic E-state index is 0.106. The number of fused-ring (bicyclic) bond motifs is 3. The largest absolute Gasteiger partial charge is 0.324 e. The number of nitrogens with one attached hydrogen (secondary N) is 2. The van der Waals surface area contributed by atoms with Gasteiger partial charge in [0.2, 0.25) is 5.91 Å². The summed E-state index contributed by atoms with van der Waals surface area (Å²) in [6, 6.07) is 8.98. The van der Waals surface area contributed by atoms with Crippen molar-refractivity contribution >= 4 is 56.6 Å². The summed E-state index contributed by atoms with van der Waals surface area (Å²) in [4.78, 5) is 29.1. The highest BCUT2D eigenvalue weighted by atomic mass is 35.5. The van der Waals surface area contributed by atoms with Gasteiger partial charge in [-0.25, -0.2) is 9.07 Å². The highest BCUT2D eigenvalue weighted by Crippen LogP contribution is 2.23. The number of carbonyl (C=O) groups is 1. The molecular weight excluding hydrogens is 394 g/mol. The molecule has 0 radical (unpaired) electrons. The van der Waals surface area contributed by atoms with Gasteiger partial charge in [0, 0.05) is 22.3 Å². The average molecular weight is 405 g/mol. The molecule has 9 heteroatoms. The molecule has 27 heavy (non-hydrogen) atoms. The summed E-state index contributed by atoms with van der Waals surface area (Å²) >= 11 is 11.7. The fraction of sp³-hybridized carbons (Fsp3) is 0.0556. The van der Waals surface area contributed by atoms with Crippen molar-refractivity contribution in [3.8, 4) is 0 Å². The molecule has 2 heterocycles. The summed E-state index contributed by atoms with van der Waals surface area (Å²) in [7, 11) is 0. The van der Waals surface area contributed by atoms with E-state index < -0.39 is 11.7 Å². The first-order chi connectivity index (χ1) is 12.9. The highest BCUT2D eigenvalue weighted by Gasteiger charge is 2.14. The molecule has 1 amide bonds. The molecule has 0 saturated carbocycles. The molecule has 2 aromatic heterocycles. The predicted molar refractivity (Wildman–Crippen MR) is 103 cm³/mol. The lowest BCUT2D eigenvalue weighted by Crippen LogP contribution is -2.26. The van der Waals surface area contributed by atoms with Crippen LogP contribution in [0.2, 0.25) is 10.0 Å². The maximum Gasteiger partial charge on any atom is 0.276 e. The Morgan fingerprint density at radius 2 is 2.00 bits per heavy atom. The van der Waals surface area contributed by atoms with Crippen molar-refractivity contribution in [2.75, 3.05) is 5.32 Å². The van der Waals surface area contributed by atoms with E-state index in [0.717, 1.165) is 6.07 Å². The Morgan fingerprint density at radius 1 is 1.19 bits per heavy atom. The SMILES string of the molecule is O=C(Cn1[nH]c2c(cnc3ccc(Cl)cc32)c1=O)Nc1ccc(F)c(Cl)c1. The third-order valence-electron chi connectivity index (χ3n) is 4.06. The second-order valence-electron chi connectivity index (χ2n) is 5.89. The second kappa shape index (κ2) is 6.68. The van der Waals surface area contributed by atoms with Crippen LogP contribution in [-0.2, 0) is 11.3 Å². The van der Waals surface area contributed by atoms with E-state index in [-0.39, 0.29) is 17.1 Å². The maximum absolute atomic E-state index is 13.2. The number of carbonyl (C=O) groups excluding carboxylic acids is 1. The Kier molecular flexibility index (Phi) is 4.33. The Morgan fingerprint density at radius 3 is 2.78 bits per heavy atom. The van der Waals surface area contributed by atoms with Crippen LogP contribution in [0.25, 0.3) is 21.8 Å². The summed E-state index contributed by atoms with van der Waals surface area (Å²) in [6.07, 6.45) is 1.46. The fourth-order valence-electron chi connectivity index (χ4n) is 2.81. The third-order valence-corrected chi connectivity index (χ3v) is 4.58. The number of benzene rings is 2. The maximum atomic E-state index is 13.2. The van der Waals surface area contributed by atoms with Gasteiger partial charge in [0.1, 0.15) is 12.4 Å². The lowest BCUT2D eigenvalue weighted by Gasteiger charge is -2.06. The van der Waals surface area contributed by atoms with Gasteiger partial charge in [-0.15, -0.1) is 0 Å². The number of amides is 1. The first kappa shape index (κ1) is 17.5. The molecule has 136 valence electrons. The van der Waals surface area contributed by atoms with Crippen molar-refractivity contribution < 1.29 is 9.18 Å². The number of hydrogen-bond acceptors (Lipinski definition) is 3. The smallest absolute Gasteiger partial charge is 0.276 e. The number of pyridine rings is 1. The van der Waals surface area contributed by atoms with Crippen LogP contribution in [0.3, 0.4) is 0 Å². The Hall–Kier alpha value is -2.90. The van der Waals surface area contributed by atoms with Crippen molar-refractivity contribution in [1.29, 1.82) is 0 Å². The molecule has 0 spiro atoms. The van der Waals surface area contributed by atoms with Crippen molar-refractivity contribution in [2.24, 2.45) is 0 Å². The van der Waals surface area contributed by atoms with Crippen LogP contribution in [0.5, 0.6) is 0 Å². The molecule has 2 aromatic carbocycles. The van der Waals surface area contributed by atoms with Gasteiger partial charge >= 0.3 is 0 Å². The molecule has 0 bridgehead atoms. The second-order valence-corrected chi connectivity index (χ2v) is 6.73. The van der Waals surface area contributed by atoms with E-state index in [2.05, 4.69) is 15.4 Å². The molecule has 4 aromatic rings. The number of aromatic nitrogens is 3. The zero-order valence-corrected chi connectivity index (χ0v) is 15.1. The zero-order chi connectivity index (χ0) is 19.1. The van der Waals surface area contributed by atoms with Crippen LogP contribution >= 0.6 is 23.2 Å². The summed E-state index contributed by atoms with van der Waals surface area (Å²) in [5.41, 5.74) is 1.16. The van der Waals surface area contributed by atoms with Crippen LogP contribution in [0, 0.1) is 5.82 Å². The van der Waals surface area contributed by atoms with Gasteiger partial charge in [-0.1, -0.05) is 23.2 Å². The van der Waals surface area contributed by atoms with Gasteiger partial charge in [-0.05, 0) is 36.4 Å². The molecule has 4 rings (SSSR count). The number of H-pyrrole nitrogens is 1. The first-order valence-electron chi connectivity index (χ1n) is 7.84. The summed E-state index contributed by atoms with van der Waals surface area (Å²) in [5.74, 6) is -1.05. The Labute approximate surface area is 161 Å². The van der Waals surface area contributed by atoms with E-state index in [0.29, 0.717) is 32.5 Å². The van der Waals surface area contributed by atoms with Crippen molar-refractivity contribution in [3.05, 3.63) is 68.8 Å². The molecule has 0 unspecified atom stereocenters. The molecule has 0 atom stereocenters. The lowest BCUT2D eigenvalue weighted by atomic mass is 10.2. The third kappa shape index (κ3) is 3.27. The normalized spacial score (nSPS) is 11.2. The number of nitrogens with zero attached hydrogens (tertiary/aromatic N) is 2. The number of halogens is 3. The van der Waals surface area contributed by atoms with Gasteiger partial charge in [0.05, 0.1) is 21.4 Å². The quantitative estimate of drug-likeness (QED) is 0.542. The monoisotopic (exact) mass is 404 g/mol. The van der Waals surface area contributed by atoms with Crippen molar-refractivity contribution in [1.82, 2.24) is 14.8 Å². The van der Waals surface area contributed by atoms with E-state index in [4.69, 9.17) is 23.2 Å². The molecule has 0 aliphatic heterocycles. The van der Waals surface area contributed by atoms with Crippen LogP contribution in [0.15, 0.2) is 47.4 Å². The van der Waals surface area contributed by atoms with E-state index in [1.165, 1.54) is 23.0 Å². The highest BCUT2D eigenvalue weighted by molar-refractivity contribution is 6.31. The molecular formula is C18H11Cl2FN4O2. The Balaban J connectivity index is 1.67. The van der Waals surface area contributed by atoms with E-state index >= 15 is 0 Å². The van der Waals surface area contributed by atoms with E-state index in [1.54, 1.807) is 18.2 Å². The van der Waals surface area contributed by atoms with Crippen LogP contribution in [0.1, 0.15) is 0 Å². The first-order valence-corrected chi connectivity index (χ1v) is 8.59. The van der Waals surface area contributed by atoms with Gasteiger partial charge < -0.3 is 5.32 Å². The fourth-order valence-corrected chi connectivity index (χ4v) is 3.16. The molecule has 0 aliphatic rings. The molecule has 6 nitrogen and oxygen atoms in total. The lowest BCUT2D eigenvalue weighted by molar-refractivity contribution is -0.116. The topological polar surface area (TPSA) is 79.8 Å². The molecule has 2 N–H and O–H groups in total. The zero-order valence-electron chi connectivity index (χ0n) is 13.6. The molecule has 0 fully saturated rings. The number of rotatable bonds is 3. The van der Waals surface area contributed by atoms with Gasteiger partial charge in [-0.2, -0.15) is 0 Å². The summed E-state index contributed by atoms with van der Waals surface area (Å²) < 4.78 is 14.4. The molecule has 0 aliphatic carbocycles. The van der Waals surface area contributed by atoms with Crippen LogP contribution in [-0.4, -0.2) is 20.7 Å². The number of aromatic amines is 1. The summed E-state index contributed by atoms with van der Waals surface area (Å²) in [5, 5.41) is 6.94. The van der Waals surface area contributed by atoms with Gasteiger partial charge in [0.15, 0.2) is 0 Å². The van der Waals surface area contributed by atoms with Crippen molar-refractivity contribution in [2.45, 2.75) is 6.54 Å². The Bertz CT molecular complexity index is 1270.